The number of halogens is 1. The molecule has 4 atom stereocenters. The monoisotopic (exact) mass is 544 g/mol. The van der Waals surface area contributed by atoms with Gasteiger partial charge in [-0.15, -0.1) is 11.3 Å². The van der Waals surface area contributed by atoms with Crippen molar-refractivity contribution in [1.82, 2.24) is 20.5 Å². The molecule has 208 valence electrons. The minimum Gasteiger partial charge on any atom is -0.347 e. The normalized spacial score (nSPS) is 24.1. The zero-order valence-electron chi connectivity index (χ0n) is 23.3. The number of nitrogens with one attached hydrogen (secondary N) is 2. The van der Waals surface area contributed by atoms with E-state index in [-0.39, 0.29) is 36.6 Å². The Morgan fingerprint density at radius 2 is 1.92 bits per heavy atom. The third kappa shape index (κ3) is 6.03. The molecule has 9 heteroatoms. The Hall–Kier alpha value is -2.55. The van der Waals surface area contributed by atoms with Gasteiger partial charge in [0.05, 0.1) is 17.2 Å². The zero-order valence-corrected chi connectivity index (χ0v) is 24.2. The molecule has 3 aliphatic rings. The molecule has 2 aliphatic carbocycles. The Balaban J connectivity index is 1.45. The third-order valence-corrected chi connectivity index (χ3v) is 8.96. The number of nitrogens with zero attached hydrogens (tertiary/aromatic N) is 2. The Morgan fingerprint density at radius 3 is 2.45 bits per heavy atom. The van der Waals surface area contributed by atoms with Crippen molar-refractivity contribution in [3.05, 3.63) is 39.9 Å². The van der Waals surface area contributed by atoms with E-state index in [0.717, 1.165) is 17.7 Å². The standard InChI is InChI=1S/C29H41FN4O3S/c1-17(2)22(19-9-11-20(12-10-19)23-18(3)31-16-38-23)32-25(35)21-8-7-15-34(21)26(36)24(28(4,5)6)33-27(37)29(30)13-14-29/h9-11,16-17,20-22,24H,7-8,12-15H2,1-6H3,(H,32,35)(H,33,37). The maximum absolute atomic E-state index is 14.4. The van der Waals surface area contributed by atoms with Crippen LogP contribution in [0.25, 0.3) is 0 Å². The van der Waals surface area contributed by atoms with Gasteiger partial charge in [-0.1, -0.05) is 52.8 Å². The van der Waals surface area contributed by atoms with E-state index in [1.54, 1.807) is 16.2 Å². The van der Waals surface area contributed by atoms with Gasteiger partial charge in [0.2, 0.25) is 11.8 Å². The van der Waals surface area contributed by atoms with Crippen LogP contribution in [0, 0.1) is 18.3 Å². The molecule has 1 aromatic heterocycles. The highest BCUT2D eigenvalue weighted by molar-refractivity contribution is 7.09. The number of rotatable bonds is 8. The van der Waals surface area contributed by atoms with Crippen LogP contribution in [-0.4, -0.2) is 57.9 Å². The Morgan fingerprint density at radius 1 is 1.21 bits per heavy atom. The Bertz CT molecular complexity index is 1130. The predicted molar refractivity (Wildman–Crippen MR) is 147 cm³/mol. The lowest BCUT2D eigenvalue weighted by molar-refractivity contribution is -0.145. The van der Waals surface area contributed by atoms with Crippen LogP contribution in [0.5, 0.6) is 0 Å². The van der Waals surface area contributed by atoms with Crippen LogP contribution in [0.3, 0.4) is 0 Å². The first-order valence-electron chi connectivity index (χ1n) is 13.7. The molecule has 7 nitrogen and oxygen atoms in total. The van der Waals surface area contributed by atoms with Crippen molar-refractivity contribution in [1.29, 1.82) is 0 Å². The van der Waals surface area contributed by atoms with Crippen molar-refractivity contribution in [3.8, 4) is 0 Å². The van der Waals surface area contributed by atoms with Crippen molar-refractivity contribution in [2.45, 2.75) is 103 Å². The zero-order chi connectivity index (χ0) is 27.8. The number of carbonyl (C=O) groups is 3. The first kappa shape index (κ1) is 28.5. The summed E-state index contributed by atoms with van der Waals surface area (Å²) >= 11 is 1.67. The van der Waals surface area contributed by atoms with Gasteiger partial charge in [-0.2, -0.15) is 0 Å². The smallest absolute Gasteiger partial charge is 0.258 e. The average Bonchev–Trinajstić information content (AvgIpc) is 3.23. The number of hydrogen-bond acceptors (Lipinski definition) is 5. The number of aryl methyl sites for hydroxylation is 1. The summed E-state index contributed by atoms with van der Waals surface area (Å²) in [7, 11) is 0. The molecule has 4 rings (SSSR count). The molecule has 38 heavy (non-hydrogen) atoms. The molecule has 0 spiro atoms. The predicted octanol–water partition coefficient (Wildman–Crippen LogP) is 4.59. The number of hydrogen-bond donors (Lipinski definition) is 2. The van der Waals surface area contributed by atoms with Crippen molar-refractivity contribution in [3.63, 3.8) is 0 Å². The van der Waals surface area contributed by atoms with E-state index in [1.807, 2.05) is 33.2 Å². The highest BCUT2D eigenvalue weighted by Gasteiger charge is 2.53. The van der Waals surface area contributed by atoms with Crippen LogP contribution in [0.2, 0.25) is 0 Å². The number of allylic oxidation sites excluding steroid dienone is 2. The van der Waals surface area contributed by atoms with E-state index in [1.165, 1.54) is 4.88 Å². The molecule has 2 N–H and O–H groups in total. The molecule has 0 bridgehead atoms. The summed E-state index contributed by atoms with van der Waals surface area (Å²) in [4.78, 5) is 46.9. The van der Waals surface area contributed by atoms with Gasteiger partial charge in [0.15, 0.2) is 5.67 Å². The average molecular weight is 545 g/mol. The number of likely N-dealkylation sites (tertiary alicyclic amines) is 1. The number of alkyl halides is 1. The molecular weight excluding hydrogens is 503 g/mol. The van der Waals surface area contributed by atoms with Gasteiger partial charge in [0, 0.05) is 17.3 Å². The van der Waals surface area contributed by atoms with Crippen LogP contribution in [-0.2, 0) is 14.4 Å². The maximum atomic E-state index is 14.4. The van der Waals surface area contributed by atoms with E-state index in [4.69, 9.17) is 0 Å². The lowest BCUT2D eigenvalue weighted by Gasteiger charge is -2.36. The summed E-state index contributed by atoms with van der Waals surface area (Å²) in [6.07, 6.45) is 8.97. The van der Waals surface area contributed by atoms with Crippen LogP contribution >= 0.6 is 11.3 Å². The topological polar surface area (TPSA) is 91.4 Å². The minimum absolute atomic E-state index is 0.156. The van der Waals surface area contributed by atoms with Gasteiger partial charge in [-0.05, 0) is 55.9 Å². The second-order valence-electron chi connectivity index (χ2n) is 12.4. The van der Waals surface area contributed by atoms with E-state index >= 15 is 0 Å². The molecule has 1 aromatic rings. The molecule has 4 unspecified atom stereocenters. The number of carbonyl (C=O) groups excluding carboxylic acids is 3. The fourth-order valence-corrected chi connectivity index (χ4v) is 6.23. The molecule has 0 aromatic carbocycles. The summed E-state index contributed by atoms with van der Waals surface area (Å²) in [6, 6.07) is -1.71. The summed E-state index contributed by atoms with van der Waals surface area (Å²) < 4.78 is 14.4. The van der Waals surface area contributed by atoms with Gasteiger partial charge in [0.25, 0.3) is 5.91 Å². The quantitative estimate of drug-likeness (QED) is 0.501. The van der Waals surface area contributed by atoms with Gasteiger partial charge in [-0.25, -0.2) is 9.37 Å². The largest absolute Gasteiger partial charge is 0.347 e. The summed E-state index contributed by atoms with van der Waals surface area (Å²) in [5, 5.41) is 5.88. The first-order chi connectivity index (χ1) is 17.8. The minimum atomic E-state index is -1.87. The SMILES string of the molecule is Cc1ncsc1C1C=CC(C(NC(=O)C2CCCN2C(=O)C(NC(=O)C2(F)CC2)C(C)(C)C)C(C)C)=CC1. The van der Waals surface area contributed by atoms with Crippen molar-refractivity contribution in [2.75, 3.05) is 6.54 Å². The fourth-order valence-electron chi connectivity index (χ4n) is 5.33. The molecule has 1 saturated heterocycles. The van der Waals surface area contributed by atoms with E-state index in [2.05, 4.69) is 47.7 Å². The van der Waals surface area contributed by atoms with E-state index < -0.39 is 29.1 Å². The Labute approximate surface area is 229 Å². The van der Waals surface area contributed by atoms with Crippen molar-refractivity contribution >= 4 is 29.1 Å². The molecule has 0 radical (unpaired) electrons. The molecule has 1 saturated carbocycles. The van der Waals surface area contributed by atoms with Crippen LogP contribution < -0.4 is 10.6 Å². The fraction of sp³-hybridized carbons (Fsp3) is 0.655. The van der Waals surface area contributed by atoms with Gasteiger partial charge in [0.1, 0.15) is 12.1 Å². The van der Waals surface area contributed by atoms with Crippen molar-refractivity contribution < 1.29 is 18.8 Å². The third-order valence-electron chi connectivity index (χ3n) is 7.89. The first-order valence-corrected chi connectivity index (χ1v) is 14.6. The number of thiazole rings is 1. The highest BCUT2D eigenvalue weighted by atomic mass is 32.1. The highest BCUT2D eigenvalue weighted by Crippen LogP contribution is 2.40. The van der Waals surface area contributed by atoms with Gasteiger partial charge in [-0.3, -0.25) is 14.4 Å². The number of aromatic nitrogens is 1. The molecular formula is C29H41FN4O3S. The second-order valence-corrected chi connectivity index (χ2v) is 13.3. The molecule has 2 fully saturated rings. The Kier molecular flexibility index (Phi) is 8.17. The second kappa shape index (κ2) is 10.9. The van der Waals surface area contributed by atoms with Crippen LogP contribution in [0.15, 0.2) is 29.3 Å². The van der Waals surface area contributed by atoms with Crippen LogP contribution in [0.1, 0.15) is 83.2 Å². The maximum Gasteiger partial charge on any atom is 0.258 e. The molecule has 3 amide bonds. The lowest BCUT2D eigenvalue weighted by atomic mass is 9.85. The van der Waals surface area contributed by atoms with Crippen LogP contribution in [0.4, 0.5) is 4.39 Å². The molecule has 1 aliphatic heterocycles. The summed E-state index contributed by atoms with van der Waals surface area (Å²) in [5.74, 6) is -0.793. The van der Waals surface area contributed by atoms with E-state index in [9.17, 15) is 18.8 Å². The lowest BCUT2D eigenvalue weighted by Crippen LogP contribution is -2.59. The summed E-state index contributed by atoms with van der Waals surface area (Å²) in [5.41, 5.74) is 1.51. The summed E-state index contributed by atoms with van der Waals surface area (Å²) in [6.45, 7) is 12.1. The molecule has 2 heterocycles. The van der Waals surface area contributed by atoms with Crippen molar-refractivity contribution in [2.24, 2.45) is 11.3 Å². The van der Waals surface area contributed by atoms with Gasteiger partial charge < -0.3 is 15.5 Å². The number of amides is 3. The van der Waals surface area contributed by atoms with Gasteiger partial charge >= 0.3 is 0 Å². The van der Waals surface area contributed by atoms with E-state index in [0.29, 0.717) is 25.3 Å².